The summed E-state index contributed by atoms with van der Waals surface area (Å²) in [6.07, 6.45) is 5.36. The Morgan fingerprint density at radius 1 is 1.20 bits per heavy atom. The Labute approximate surface area is 123 Å². The van der Waals surface area contributed by atoms with E-state index in [1.807, 2.05) is 0 Å². The van der Waals surface area contributed by atoms with Crippen LogP contribution in [0.25, 0.3) is 0 Å². The van der Waals surface area contributed by atoms with Gasteiger partial charge in [0.05, 0.1) is 5.54 Å². The molecule has 0 spiro atoms. The molecule has 1 aliphatic heterocycles. The molecule has 20 heavy (non-hydrogen) atoms. The predicted octanol–water partition coefficient (Wildman–Crippen LogP) is 3.09. The van der Waals surface area contributed by atoms with Gasteiger partial charge in [0.15, 0.2) is 11.5 Å². The minimum absolute atomic E-state index is 0.0918. The molecule has 4 nitrogen and oxygen atoms in total. The summed E-state index contributed by atoms with van der Waals surface area (Å²) in [6.45, 7) is 0.214. The molecule has 1 fully saturated rings. The fourth-order valence-corrected chi connectivity index (χ4v) is 3.21. The van der Waals surface area contributed by atoms with Crippen molar-refractivity contribution < 1.29 is 14.3 Å². The normalized spacial score (nSPS) is 19.6. The van der Waals surface area contributed by atoms with E-state index in [4.69, 9.17) is 21.1 Å². The van der Waals surface area contributed by atoms with Crippen molar-refractivity contribution in [3.05, 3.63) is 23.8 Å². The zero-order chi connectivity index (χ0) is 14.0. The van der Waals surface area contributed by atoms with Gasteiger partial charge in [0.1, 0.15) is 0 Å². The van der Waals surface area contributed by atoms with Crippen LogP contribution in [-0.2, 0) is 0 Å². The highest BCUT2D eigenvalue weighted by molar-refractivity contribution is 6.19. The minimum atomic E-state index is -0.257. The molecule has 5 heteroatoms. The number of carbonyl (C=O) groups excluding carboxylic acids is 1. The van der Waals surface area contributed by atoms with Crippen LogP contribution in [0.5, 0.6) is 11.5 Å². The smallest absolute Gasteiger partial charge is 0.251 e. The number of alkyl halides is 1. The molecular formula is C15H18ClNO3. The molecule has 1 aromatic carbocycles. The van der Waals surface area contributed by atoms with E-state index in [0.717, 1.165) is 25.7 Å². The molecule has 1 aliphatic carbocycles. The number of carbonyl (C=O) groups is 1. The van der Waals surface area contributed by atoms with Crippen LogP contribution in [0.2, 0.25) is 0 Å². The van der Waals surface area contributed by atoms with Crippen LogP contribution in [0, 0.1) is 0 Å². The first-order valence-electron chi connectivity index (χ1n) is 7.01. The highest BCUT2D eigenvalue weighted by Crippen LogP contribution is 2.33. The Balaban J connectivity index is 1.75. The van der Waals surface area contributed by atoms with Crippen LogP contribution in [0.15, 0.2) is 18.2 Å². The molecule has 108 valence electrons. The Bertz CT molecular complexity index is 512. The van der Waals surface area contributed by atoms with E-state index < -0.39 is 0 Å². The third-order valence-electron chi connectivity index (χ3n) is 4.08. The van der Waals surface area contributed by atoms with E-state index in [1.165, 1.54) is 6.42 Å². The van der Waals surface area contributed by atoms with Gasteiger partial charge in [0, 0.05) is 11.4 Å². The average molecular weight is 296 g/mol. The third kappa shape index (κ3) is 2.57. The molecule has 0 unspecified atom stereocenters. The largest absolute Gasteiger partial charge is 0.454 e. The van der Waals surface area contributed by atoms with Gasteiger partial charge in [0.25, 0.3) is 5.91 Å². The number of hydrogen-bond donors (Lipinski definition) is 1. The molecule has 1 aromatic rings. The van der Waals surface area contributed by atoms with E-state index in [-0.39, 0.29) is 18.2 Å². The minimum Gasteiger partial charge on any atom is -0.454 e. The molecule has 1 heterocycles. The number of benzene rings is 1. The summed E-state index contributed by atoms with van der Waals surface area (Å²) in [5, 5.41) is 3.12. The fourth-order valence-electron chi connectivity index (χ4n) is 2.87. The second kappa shape index (κ2) is 5.52. The Hall–Kier alpha value is -1.42. The topological polar surface area (TPSA) is 47.6 Å². The summed E-state index contributed by atoms with van der Waals surface area (Å²) in [5.41, 5.74) is 0.331. The summed E-state index contributed by atoms with van der Waals surface area (Å²) in [4.78, 5) is 12.4. The maximum atomic E-state index is 12.4. The number of nitrogens with one attached hydrogen (secondary N) is 1. The molecule has 0 radical (unpaired) electrons. The molecule has 3 rings (SSSR count). The van der Waals surface area contributed by atoms with Gasteiger partial charge in [-0.3, -0.25) is 4.79 Å². The lowest BCUT2D eigenvalue weighted by molar-refractivity contribution is 0.0884. The van der Waals surface area contributed by atoms with Crippen molar-refractivity contribution in [3.63, 3.8) is 0 Å². The van der Waals surface area contributed by atoms with Crippen LogP contribution in [0.1, 0.15) is 42.5 Å². The standard InChI is InChI=1S/C15H18ClNO3/c16-9-15(6-2-1-3-7-15)17-14(18)11-4-5-12-13(8-11)20-10-19-12/h4-5,8H,1-3,6-7,9-10H2,(H,17,18). The lowest BCUT2D eigenvalue weighted by atomic mass is 9.83. The van der Waals surface area contributed by atoms with Gasteiger partial charge in [-0.25, -0.2) is 0 Å². The molecule has 0 saturated heterocycles. The number of rotatable bonds is 3. The van der Waals surface area contributed by atoms with Crippen LogP contribution in [0.3, 0.4) is 0 Å². The molecule has 0 atom stereocenters. The van der Waals surface area contributed by atoms with Crippen LogP contribution < -0.4 is 14.8 Å². The molecule has 1 saturated carbocycles. The number of hydrogen-bond acceptors (Lipinski definition) is 3. The molecular weight excluding hydrogens is 278 g/mol. The Morgan fingerprint density at radius 3 is 2.70 bits per heavy atom. The van der Waals surface area contributed by atoms with Gasteiger partial charge in [-0.05, 0) is 31.0 Å². The summed E-state index contributed by atoms with van der Waals surface area (Å²) in [7, 11) is 0. The number of ether oxygens (including phenoxy) is 2. The van der Waals surface area contributed by atoms with E-state index in [1.54, 1.807) is 18.2 Å². The van der Waals surface area contributed by atoms with Crippen LogP contribution in [-0.4, -0.2) is 24.1 Å². The third-order valence-corrected chi connectivity index (χ3v) is 4.59. The zero-order valence-electron chi connectivity index (χ0n) is 11.3. The van der Waals surface area contributed by atoms with Gasteiger partial charge in [-0.2, -0.15) is 0 Å². The molecule has 1 N–H and O–H groups in total. The van der Waals surface area contributed by atoms with E-state index in [9.17, 15) is 4.79 Å². The predicted molar refractivity (Wildman–Crippen MR) is 76.6 cm³/mol. The highest BCUT2D eigenvalue weighted by atomic mass is 35.5. The Kier molecular flexibility index (Phi) is 3.74. The van der Waals surface area contributed by atoms with Crippen molar-refractivity contribution in [2.24, 2.45) is 0 Å². The Morgan fingerprint density at radius 2 is 1.95 bits per heavy atom. The average Bonchev–Trinajstić information content (AvgIpc) is 2.95. The van der Waals surface area contributed by atoms with Crippen molar-refractivity contribution in [3.8, 4) is 11.5 Å². The molecule has 0 aromatic heterocycles. The van der Waals surface area contributed by atoms with Gasteiger partial charge in [-0.1, -0.05) is 19.3 Å². The van der Waals surface area contributed by atoms with Crippen molar-refractivity contribution >= 4 is 17.5 Å². The second-order valence-corrected chi connectivity index (χ2v) is 5.76. The highest BCUT2D eigenvalue weighted by Gasteiger charge is 2.33. The van der Waals surface area contributed by atoms with Crippen molar-refractivity contribution in [2.75, 3.05) is 12.7 Å². The summed E-state index contributed by atoms with van der Waals surface area (Å²) in [6, 6.07) is 5.25. The van der Waals surface area contributed by atoms with Crippen LogP contribution >= 0.6 is 11.6 Å². The summed E-state index contributed by atoms with van der Waals surface area (Å²) >= 11 is 6.10. The quantitative estimate of drug-likeness (QED) is 0.872. The van der Waals surface area contributed by atoms with Gasteiger partial charge in [0.2, 0.25) is 6.79 Å². The van der Waals surface area contributed by atoms with E-state index >= 15 is 0 Å². The maximum absolute atomic E-state index is 12.4. The van der Waals surface area contributed by atoms with Gasteiger partial charge < -0.3 is 14.8 Å². The van der Waals surface area contributed by atoms with Crippen LogP contribution in [0.4, 0.5) is 0 Å². The molecule has 2 aliphatic rings. The lowest BCUT2D eigenvalue weighted by Crippen LogP contribution is -2.51. The van der Waals surface area contributed by atoms with Gasteiger partial charge in [-0.15, -0.1) is 11.6 Å². The first-order chi connectivity index (χ1) is 9.72. The molecule has 0 bridgehead atoms. The number of halogens is 1. The van der Waals surface area contributed by atoms with E-state index in [0.29, 0.717) is 22.9 Å². The first kappa shape index (κ1) is 13.6. The monoisotopic (exact) mass is 295 g/mol. The lowest BCUT2D eigenvalue weighted by Gasteiger charge is -2.36. The number of amides is 1. The van der Waals surface area contributed by atoms with E-state index in [2.05, 4.69) is 5.32 Å². The second-order valence-electron chi connectivity index (χ2n) is 5.50. The van der Waals surface area contributed by atoms with Crippen molar-refractivity contribution in [1.82, 2.24) is 5.32 Å². The van der Waals surface area contributed by atoms with Crippen molar-refractivity contribution in [1.29, 1.82) is 0 Å². The summed E-state index contributed by atoms with van der Waals surface area (Å²) in [5.74, 6) is 1.68. The molecule has 1 amide bonds. The van der Waals surface area contributed by atoms with Crippen molar-refractivity contribution in [2.45, 2.75) is 37.6 Å². The fraction of sp³-hybridized carbons (Fsp3) is 0.533. The zero-order valence-corrected chi connectivity index (χ0v) is 12.0. The van der Waals surface area contributed by atoms with Gasteiger partial charge >= 0.3 is 0 Å². The maximum Gasteiger partial charge on any atom is 0.251 e. The number of fused-ring (bicyclic) bond motifs is 1. The summed E-state index contributed by atoms with van der Waals surface area (Å²) < 4.78 is 10.6. The first-order valence-corrected chi connectivity index (χ1v) is 7.54. The SMILES string of the molecule is O=C(NC1(CCl)CCCCC1)c1ccc2c(c1)OCO2.